The quantitative estimate of drug-likeness (QED) is 0.701. The Morgan fingerprint density at radius 3 is 2.72 bits per heavy atom. The van der Waals surface area contributed by atoms with E-state index in [0.29, 0.717) is 19.2 Å². The van der Waals surface area contributed by atoms with Crippen LogP contribution in [0.4, 0.5) is 0 Å². The SMILES string of the molecule is COc1cccc(COC(C)C(=O)NCC2CCCCN2Cc2ccccc2)c1. The van der Waals surface area contributed by atoms with Crippen LogP contribution in [0.5, 0.6) is 5.75 Å². The van der Waals surface area contributed by atoms with Crippen LogP contribution in [0.15, 0.2) is 54.6 Å². The molecule has 1 saturated heterocycles. The lowest BCUT2D eigenvalue weighted by atomic mass is 10.0. The van der Waals surface area contributed by atoms with Crippen molar-refractivity contribution in [3.63, 3.8) is 0 Å². The molecule has 156 valence electrons. The minimum Gasteiger partial charge on any atom is -0.497 e. The first-order valence-electron chi connectivity index (χ1n) is 10.5. The lowest BCUT2D eigenvalue weighted by Crippen LogP contribution is -2.48. The van der Waals surface area contributed by atoms with Gasteiger partial charge in [0.15, 0.2) is 0 Å². The van der Waals surface area contributed by atoms with E-state index in [4.69, 9.17) is 9.47 Å². The minimum atomic E-state index is -0.493. The van der Waals surface area contributed by atoms with Crippen molar-refractivity contribution in [2.24, 2.45) is 0 Å². The molecule has 2 atom stereocenters. The summed E-state index contributed by atoms with van der Waals surface area (Å²) >= 11 is 0. The van der Waals surface area contributed by atoms with Gasteiger partial charge in [-0.15, -0.1) is 0 Å². The van der Waals surface area contributed by atoms with Gasteiger partial charge in [0.1, 0.15) is 11.9 Å². The lowest BCUT2D eigenvalue weighted by molar-refractivity contribution is -0.132. The molecule has 0 saturated carbocycles. The first kappa shape index (κ1) is 21.3. The third-order valence-corrected chi connectivity index (χ3v) is 5.49. The van der Waals surface area contributed by atoms with E-state index in [1.54, 1.807) is 14.0 Å². The van der Waals surface area contributed by atoms with Crippen molar-refractivity contribution in [1.82, 2.24) is 10.2 Å². The van der Waals surface area contributed by atoms with Gasteiger partial charge in [-0.05, 0) is 49.6 Å². The second-order valence-corrected chi connectivity index (χ2v) is 7.66. The Hall–Kier alpha value is -2.37. The summed E-state index contributed by atoms with van der Waals surface area (Å²) in [5.74, 6) is 0.733. The predicted octanol–water partition coefficient (Wildman–Crippen LogP) is 3.77. The minimum absolute atomic E-state index is 0.0573. The lowest BCUT2D eigenvalue weighted by Gasteiger charge is -2.36. The molecule has 2 aromatic rings. The van der Waals surface area contributed by atoms with Crippen molar-refractivity contribution >= 4 is 5.91 Å². The number of hydrogen-bond acceptors (Lipinski definition) is 4. The number of methoxy groups -OCH3 is 1. The third kappa shape index (κ3) is 6.58. The maximum atomic E-state index is 12.5. The summed E-state index contributed by atoms with van der Waals surface area (Å²) in [4.78, 5) is 15.0. The molecule has 5 heteroatoms. The van der Waals surface area contributed by atoms with Gasteiger partial charge in [0, 0.05) is 19.1 Å². The Morgan fingerprint density at radius 1 is 1.14 bits per heavy atom. The van der Waals surface area contributed by atoms with E-state index in [2.05, 4.69) is 34.5 Å². The first-order valence-corrected chi connectivity index (χ1v) is 10.5. The fourth-order valence-electron chi connectivity index (χ4n) is 3.74. The van der Waals surface area contributed by atoms with Crippen molar-refractivity contribution < 1.29 is 14.3 Å². The normalized spacial score (nSPS) is 18.2. The van der Waals surface area contributed by atoms with Crippen LogP contribution in [0.1, 0.15) is 37.3 Å². The van der Waals surface area contributed by atoms with Crippen LogP contribution >= 0.6 is 0 Å². The molecule has 1 aliphatic heterocycles. The Morgan fingerprint density at radius 2 is 1.93 bits per heavy atom. The molecule has 0 radical (unpaired) electrons. The standard InChI is InChI=1S/C24H32N2O3/c1-19(29-18-21-11-8-13-23(15-21)28-2)24(27)25-16-22-12-6-7-14-26(22)17-20-9-4-3-5-10-20/h3-5,8-11,13,15,19,22H,6-7,12,14,16-18H2,1-2H3,(H,25,27). The summed E-state index contributed by atoms with van der Waals surface area (Å²) in [6.45, 7) is 4.87. The zero-order valence-electron chi connectivity index (χ0n) is 17.5. The fourth-order valence-corrected chi connectivity index (χ4v) is 3.74. The fraction of sp³-hybridized carbons (Fsp3) is 0.458. The monoisotopic (exact) mass is 396 g/mol. The molecular weight excluding hydrogens is 364 g/mol. The van der Waals surface area contributed by atoms with Gasteiger partial charge in [-0.3, -0.25) is 9.69 Å². The summed E-state index contributed by atoms with van der Waals surface area (Å²) in [7, 11) is 1.64. The Balaban J connectivity index is 1.46. The van der Waals surface area contributed by atoms with Gasteiger partial charge in [-0.25, -0.2) is 0 Å². The summed E-state index contributed by atoms with van der Waals surface area (Å²) < 4.78 is 11.0. The predicted molar refractivity (Wildman–Crippen MR) is 115 cm³/mol. The number of amides is 1. The number of hydrogen-bond donors (Lipinski definition) is 1. The van der Waals surface area contributed by atoms with Gasteiger partial charge < -0.3 is 14.8 Å². The van der Waals surface area contributed by atoms with Gasteiger partial charge in [0.05, 0.1) is 13.7 Å². The van der Waals surface area contributed by atoms with Crippen LogP contribution in [0.3, 0.4) is 0 Å². The average molecular weight is 397 g/mol. The van der Waals surface area contributed by atoms with Gasteiger partial charge in [-0.1, -0.05) is 48.9 Å². The molecule has 2 unspecified atom stereocenters. The number of nitrogens with one attached hydrogen (secondary N) is 1. The number of benzene rings is 2. The average Bonchev–Trinajstić information content (AvgIpc) is 2.77. The summed E-state index contributed by atoms with van der Waals surface area (Å²) in [5, 5.41) is 3.10. The topological polar surface area (TPSA) is 50.8 Å². The van der Waals surface area contributed by atoms with Gasteiger partial charge in [-0.2, -0.15) is 0 Å². The number of piperidine rings is 1. The highest BCUT2D eigenvalue weighted by Crippen LogP contribution is 2.19. The summed E-state index contributed by atoms with van der Waals surface area (Å²) in [6, 6.07) is 18.6. The van der Waals surface area contributed by atoms with E-state index < -0.39 is 6.10 Å². The van der Waals surface area contributed by atoms with Crippen LogP contribution < -0.4 is 10.1 Å². The molecule has 0 aliphatic carbocycles. The second kappa shape index (κ2) is 11.0. The van der Waals surface area contributed by atoms with Crippen molar-refractivity contribution in [2.75, 3.05) is 20.2 Å². The van der Waals surface area contributed by atoms with Crippen LogP contribution in [-0.4, -0.2) is 43.2 Å². The molecule has 29 heavy (non-hydrogen) atoms. The van der Waals surface area contributed by atoms with Crippen molar-refractivity contribution in [3.05, 3.63) is 65.7 Å². The molecule has 2 aromatic carbocycles. The maximum absolute atomic E-state index is 12.5. The highest BCUT2D eigenvalue weighted by Gasteiger charge is 2.24. The maximum Gasteiger partial charge on any atom is 0.248 e. The molecule has 0 spiro atoms. The van der Waals surface area contributed by atoms with Crippen molar-refractivity contribution in [1.29, 1.82) is 0 Å². The molecule has 1 fully saturated rings. The van der Waals surface area contributed by atoms with Crippen LogP contribution in [-0.2, 0) is 22.7 Å². The van der Waals surface area contributed by atoms with Gasteiger partial charge in [0.2, 0.25) is 5.91 Å². The van der Waals surface area contributed by atoms with E-state index in [1.807, 2.05) is 30.3 Å². The molecular formula is C24H32N2O3. The van der Waals surface area contributed by atoms with E-state index in [1.165, 1.54) is 18.4 Å². The Kier molecular flexibility index (Phi) is 8.08. The zero-order valence-corrected chi connectivity index (χ0v) is 17.5. The number of likely N-dealkylation sites (tertiary alicyclic amines) is 1. The van der Waals surface area contributed by atoms with Gasteiger partial charge in [0.25, 0.3) is 0 Å². The summed E-state index contributed by atoms with van der Waals surface area (Å²) in [5.41, 5.74) is 2.31. The first-order chi connectivity index (χ1) is 14.2. The number of rotatable bonds is 9. The molecule has 1 amide bonds. The largest absolute Gasteiger partial charge is 0.497 e. The number of carbonyl (C=O) groups excluding carboxylic acids is 1. The Bertz CT molecular complexity index is 766. The molecule has 1 aliphatic rings. The number of ether oxygens (including phenoxy) is 2. The van der Waals surface area contributed by atoms with Crippen molar-refractivity contribution in [3.8, 4) is 5.75 Å². The van der Waals surface area contributed by atoms with Crippen molar-refractivity contribution in [2.45, 2.75) is 51.5 Å². The number of nitrogens with zero attached hydrogens (tertiary/aromatic N) is 1. The van der Waals surface area contributed by atoms with Gasteiger partial charge >= 0.3 is 0 Å². The van der Waals surface area contributed by atoms with Crippen LogP contribution in [0.2, 0.25) is 0 Å². The van der Waals surface area contributed by atoms with E-state index in [-0.39, 0.29) is 5.91 Å². The highest BCUT2D eigenvalue weighted by molar-refractivity contribution is 5.80. The zero-order chi connectivity index (χ0) is 20.5. The number of carbonyl (C=O) groups is 1. The van der Waals surface area contributed by atoms with E-state index >= 15 is 0 Å². The molecule has 0 bridgehead atoms. The molecule has 3 rings (SSSR count). The van der Waals surface area contributed by atoms with Crippen LogP contribution in [0.25, 0.3) is 0 Å². The second-order valence-electron chi connectivity index (χ2n) is 7.66. The third-order valence-electron chi connectivity index (χ3n) is 5.49. The molecule has 5 nitrogen and oxygen atoms in total. The van der Waals surface area contributed by atoms with E-state index in [9.17, 15) is 4.79 Å². The molecule has 0 aromatic heterocycles. The summed E-state index contributed by atoms with van der Waals surface area (Å²) in [6.07, 6.45) is 3.06. The molecule has 1 N–H and O–H groups in total. The molecule has 1 heterocycles. The Labute approximate surface area is 174 Å². The van der Waals surface area contributed by atoms with Crippen LogP contribution in [0, 0.1) is 0 Å². The highest BCUT2D eigenvalue weighted by atomic mass is 16.5. The smallest absolute Gasteiger partial charge is 0.248 e. The van der Waals surface area contributed by atoms with E-state index in [0.717, 1.165) is 30.8 Å².